The summed E-state index contributed by atoms with van der Waals surface area (Å²) in [6.07, 6.45) is 0. The second-order valence-electron chi connectivity index (χ2n) is 4.72. The lowest BCUT2D eigenvalue weighted by atomic mass is 9.96. The van der Waals surface area contributed by atoms with Crippen molar-refractivity contribution < 1.29 is 19.4 Å². The maximum Gasteiger partial charge on any atom is 0.241 e. The Morgan fingerprint density at radius 3 is 2.89 bits per heavy atom. The predicted molar refractivity (Wildman–Crippen MR) is 66.8 cm³/mol. The summed E-state index contributed by atoms with van der Waals surface area (Å²) in [5.74, 6) is 0.881. The molecule has 0 atom stereocenters. The summed E-state index contributed by atoms with van der Waals surface area (Å²) >= 11 is 0.877. The Morgan fingerprint density at radius 2 is 2.26 bits per heavy atom. The first-order valence-corrected chi connectivity index (χ1v) is 6.49. The fourth-order valence-corrected chi connectivity index (χ4v) is 1.62. The van der Waals surface area contributed by atoms with Gasteiger partial charge >= 0.3 is 0 Å². The number of nitrogens with zero attached hydrogens (tertiary/aromatic N) is 4. The molecule has 108 valence electrons. The van der Waals surface area contributed by atoms with Crippen LogP contribution in [-0.2, 0) is 26.1 Å². The van der Waals surface area contributed by atoms with Crippen LogP contribution in [0.3, 0.4) is 0 Å². The first kappa shape index (κ1) is 15.8. The third-order valence-electron chi connectivity index (χ3n) is 2.08. The van der Waals surface area contributed by atoms with Crippen molar-refractivity contribution in [3.8, 4) is 0 Å². The van der Waals surface area contributed by atoms with Crippen molar-refractivity contribution in [1.82, 2.24) is 25.5 Å². The average Bonchev–Trinajstić information content (AvgIpc) is 2.76. The zero-order valence-electron chi connectivity index (χ0n) is 11.0. The van der Waals surface area contributed by atoms with Crippen LogP contribution >= 0.6 is 12.0 Å². The van der Waals surface area contributed by atoms with Crippen molar-refractivity contribution in [2.75, 3.05) is 12.3 Å². The number of carbonyl (C=O) groups is 1. The van der Waals surface area contributed by atoms with Gasteiger partial charge in [0.15, 0.2) is 5.82 Å². The van der Waals surface area contributed by atoms with Crippen molar-refractivity contribution >= 4 is 17.9 Å². The summed E-state index contributed by atoms with van der Waals surface area (Å²) in [5.41, 5.74) is -0.230. The molecule has 0 fully saturated rings. The predicted octanol–water partition coefficient (Wildman–Crippen LogP) is 0.156. The lowest BCUT2D eigenvalue weighted by molar-refractivity contribution is -0.432. The molecule has 1 amide bonds. The molecule has 0 saturated carbocycles. The molecule has 10 heteroatoms. The summed E-state index contributed by atoms with van der Waals surface area (Å²) in [6.45, 7) is 6.34. The minimum absolute atomic E-state index is 0.0572. The van der Waals surface area contributed by atoms with Crippen LogP contribution in [0, 0.1) is 0 Å². The van der Waals surface area contributed by atoms with Crippen molar-refractivity contribution in [1.29, 1.82) is 0 Å². The van der Waals surface area contributed by atoms with Gasteiger partial charge in [0, 0.05) is 29.8 Å². The van der Waals surface area contributed by atoms with E-state index in [4.69, 9.17) is 5.26 Å². The average molecular weight is 291 g/mol. The van der Waals surface area contributed by atoms with E-state index >= 15 is 0 Å². The zero-order chi connectivity index (χ0) is 14.3. The molecular weight excluding hydrogens is 274 g/mol. The Bertz CT molecular complexity index is 406. The van der Waals surface area contributed by atoms with Gasteiger partial charge < -0.3 is 5.32 Å². The summed E-state index contributed by atoms with van der Waals surface area (Å²) < 4.78 is 5.64. The highest BCUT2D eigenvalue weighted by Crippen LogP contribution is 2.18. The highest BCUT2D eigenvalue weighted by molar-refractivity contribution is 7.94. The Kier molecular flexibility index (Phi) is 6.15. The molecule has 0 bridgehead atoms. The molecule has 0 saturated heterocycles. The highest BCUT2D eigenvalue weighted by Gasteiger charge is 2.22. The molecule has 1 rings (SSSR count). The van der Waals surface area contributed by atoms with Gasteiger partial charge in [0.1, 0.15) is 6.54 Å². The van der Waals surface area contributed by atoms with Crippen LogP contribution in [0.15, 0.2) is 0 Å². The smallest absolute Gasteiger partial charge is 0.241 e. The summed E-state index contributed by atoms with van der Waals surface area (Å²) in [6, 6.07) is 0. The number of carbonyl (C=O) groups excluding carboxylic acids is 1. The summed E-state index contributed by atoms with van der Waals surface area (Å²) in [5, 5.41) is 25.3. The number of nitrogens with one attached hydrogen (secondary N) is 1. The molecule has 0 radical (unpaired) electrons. The van der Waals surface area contributed by atoms with E-state index in [1.54, 1.807) is 0 Å². The van der Waals surface area contributed by atoms with Gasteiger partial charge in [-0.15, -0.1) is 9.43 Å². The summed E-state index contributed by atoms with van der Waals surface area (Å²) in [7, 11) is 0. The Balaban J connectivity index is 2.39. The van der Waals surface area contributed by atoms with E-state index in [0.717, 1.165) is 12.0 Å². The Morgan fingerprint density at radius 1 is 1.53 bits per heavy atom. The Hall–Kier alpha value is -1.23. The third kappa shape index (κ3) is 5.51. The fraction of sp³-hybridized carbons (Fsp3) is 0.778. The molecule has 1 aromatic heterocycles. The molecule has 2 N–H and O–H groups in total. The number of rotatable bonds is 7. The maximum absolute atomic E-state index is 11.7. The second kappa shape index (κ2) is 7.38. The molecule has 0 aliphatic carbocycles. The van der Waals surface area contributed by atoms with E-state index in [0.29, 0.717) is 18.1 Å². The van der Waals surface area contributed by atoms with Crippen molar-refractivity contribution in [3.05, 3.63) is 5.82 Å². The van der Waals surface area contributed by atoms with Gasteiger partial charge in [0.2, 0.25) is 5.91 Å². The quantitative estimate of drug-likeness (QED) is 0.316. The van der Waals surface area contributed by atoms with E-state index < -0.39 is 0 Å². The molecule has 0 aromatic carbocycles. The van der Waals surface area contributed by atoms with Crippen molar-refractivity contribution in [3.63, 3.8) is 0 Å². The van der Waals surface area contributed by atoms with Crippen LogP contribution in [-0.4, -0.2) is 43.7 Å². The van der Waals surface area contributed by atoms with Crippen LogP contribution in [0.1, 0.15) is 26.6 Å². The van der Waals surface area contributed by atoms with Gasteiger partial charge in [0.05, 0.1) is 0 Å². The normalized spacial score (nSPS) is 11.6. The molecule has 0 unspecified atom stereocenters. The first-order chi connectivity index (χ1) is 8.95. The molecule has 9 nitrogen and oxygen atoms in total. The zero-order valence-corrected chi connectivity index (χ0v) is 11.8. The number of hydrogen-bond acceptors (Lipinski definition) is 8. The first-order valence-electron chi connectivity index (χ1n) is 5.58. The number of aromatic nitrogens is 4. The molecule has 1 aromatic rings. The molecule has 0 aliphatic heterocycles. The van der Waals surface area contributed by atoms with Crippen molar-refractivity contribution in [2.45, 2.75) is 32.7 Å². The monoisotopic (exact) mass is 291 g/mol. The Labute approximate surface area is 114 Å². The lowest BCUT2D eigenvalue weighted by Crippen LogP contribution is -2.32. The van der Waals surface area contributed by atoms with Gasteiger partial charge in [-0.1, -0.05) is 25.8 Å². The van der Waals surface area contributed by atoms with E-state index in [1.807, 2.05) is 20.8 Å². The van der Waals surface area contributed by atoms with Gasteiger partial charge in [-0.2, -0.15) is 0 Å². The van der Waals surface area contributed by atoms with Gasteiger partial charge in [-0.25, -0.2) is 9.94 Å². The largest absolute Gasteiger partial charge is 0.354 e. The van der Waals surface area contributed by atoms with E-state index in [9.17, 15) is 4.79 Å². The van der Waals surface area contributed by atoms with E-state index in [-0.39, 0.29) is 17.9 Å². The van der Waals surface area contributed by atoms with Gasteiger partial charge in [0.25, 0.3) is 0 Å². The van der Waals surface area contributed by atoms with Crippen LogP contribution in [0.4, 0.5) is 0 Å². The SMILES string of the molecule is CC(C)(C)c1nnnn1CC(=O)NCCSOOO. The van der Waals surface area contributed by atoms with Gasteiger partial charge in [-0.3, -0.25) is 4.79 Å². The minimum Gasteiger partial charge on any atom is -0.354 e. The standard InChI is InChI=1S/C9H17N5O4S/c1-9(2,3)8-11-12-13-14(8)6-7(15)10-4-5-19-18-17-16/h16H,4-6H2,1-3H3,(H,10,15). The van der Waals surface area contributed by atoms with Crippen LogP contribution in [0.2, 0.25) is 0 Å². The second-order valence-corrected chi connectivity index (χ2v) is 5.50. The number of hydrogen-bond donors (Lipinski definition) is 2. The topological polar surface area (TPSA) is 111 Å². The fourth-order valence-electron chi connectivity index (χ4n) is 1.33. The molecule has 1 heterocycles. The summed E-state index contributed by atoms with van der Waals surface area (Å²) in [4.78, 5) is 11.7. The van der Waals surface area contributed by atoms with E-state index in [1.165, 1.54) is 4.68 Å². The number of amides is 1. The van der Waals surface area contributed by atoms with Crippen LogP contribution < -0.4 is 5.32 Å². The minimum atomic E-state index is -0.230. The van der Waals surface area contributed by atoms with Crippen LogP contribution in [0.25, 0.3) is 0 Å². The number of tetrazole rings is 1. The molecule has 19 heavy (non-hydrogen) atoms. The molecule has 0 aliphatic rings. The van der Waals surface area contributed by atoms with Gasteiger partial charge in [-0.05, 0) is 10.4 Å². The highest BCUT2D eigenvalue weighted by atomic mass is 32.2. The maximum atomic E-state index is 11.7. The third-order valence-corrected chi connectivity index (χ3v) is 2.61. The van der Waals surface area contributed by atoms with Crippen molar-refractivity contribution in [2.24, 2.45) is 0 Å². The molecular formula is C9H17N5O4S. The van der Waals surface area contributed by atoms with Crippen LogP contribution in [0.5, 0.6) is 0 Å². The van der Waals surface area contributed by atoms with E-state index in [2.05, 4.69) is 30.2 Å². The molecule has 0 spiro atoms. The lowest BCUT2D eigenvalue weighted by Gasteiger charge is -2.16.